The average molecular weight is 812 g/mol. The summed E-state index contributed by atoms with van der Waals surface area (Å²) < 4.78 is 74.4. The monoisotopic (exact) mass is 810 g/mol. The number of nitrogens with zero attached hydrogens (tertiary/aromatic N) is 4. The summed E-state index contributed by atoms with van der Waals surface area (Å²) in [4.78, 5) is 59.5. The van der Waals surface area contributed by atoms with E-state index in [1.165, 1.54) is 53.7 Å². The van der Waals surface area contributed by atoms with Gasteiger partial charge in [-0.05, 0) is 60.2 Å². The quantitative estimate of drug-likeness (QED) is 0.157. The second kappa shape index (κ2) is 16.4. The molecule has 0 bridgehead atoms. The highest BCUT2D eigenvalue weighted by Crippen LogP contribution is 2.38. The number of rotatable bonds is 15. The lowest BCUT2D eigenvalue weighted by Gasteiger charge is -2.30. The third-order valence-electron chi connectivity index (χ3n) is 8.92. The molecule has 0 N–H and O–H groups in total. The summed E-state index contributed by atoms with van der Waals surface area (Å²) in [5.41, 5.74) is 0.309. The molecule has 1 aliphatic carbocycles. The second-order valence-electron chi connectivity index (χ2n) is 12.8. The maximum atomic E-state index is 13.6. The Labute approximate surface area is 318 Å². The number of fused-ring (bicyclic) bond motifs is 1. The van der Waals surface area contributed by atoms with Crippen LogP contribution in [0.3, 0.4) is 0 Å². The van der Waals surface area contributed by atoms with Gasteiger partial charge in [-0.3, -0.25) is 33.4 Å². The first-order valence-electron chi connectivity index (χ1n) is 16.7. The molecule has 0 spiro atoms. The number of benzene rings is 2. The van der Waals surface area contributed by atoms with Gasteiger partial charge in [0.2, 0.25) is 15.9 Å². The van der Waals surface area contributed by atoms with Crippen LogP contribution in [0.1, 0.15) is 50.8 Å². The van der Waals surface area contributed by atoms with Gasteiger partial charge in [0.05, 0.1) is 52.9 Å². The van der Waals surface area contributed by atoms with Crippen LogP contribution in [0.25, 0.3) is 0 Å². The van der Waals surface area contributed by atoms with Gasteiger partial charge < -0.3 is 23.8 Å². The normalized spacial score (nSPS) is 16.3. The number of sulfonamides is 1. The predicted octanol–water partition coefficient (Wildman–Crippen LogP) is 4.53. The van der Waals surface area contributed by atoms with Gasteiger partial charge in [-0.25, -0.2) is 8.42 Å². The minimum Gasteiger partial charge on any atom is -0.489 e. The Morgan fingerprint density at radius 1 is 1.00 bits per heavy atom. The van der Waals surface area contributed by atoms with Crippen molar-refractivity contribution in [3.05, 3.63) is 81.1 Å². The zero-order valence-corrected chi connectivity index (χ0v) is 31.0. The van der Waals surface area contributed by atoms with Gasteiger partial charge in [0, 0.05) is 31.9 Å². The minimum atomic E-state index is -4.03. The topological polar surface area (TPSA) is 162 Å². The number of ether oxygens (including phenoxy) is 4. The van der Waals surface area contributed by atoms with Gasteiger partial charge in [0.1, 0.15) is 19.2 Å². The van der Waals surface area contributed by atoms with Gasteiger partial charge in [-0.2, -0.15) is 8.78 Å². The van der Waals surface area contributed by atoms with Gasteiger partial charge in [0.15, 0.2) is 11.5 Å². The summed E-state index contributed by atoms with van der Waals surface area (Å²) in [7, 11) is -4.03. The number of morpholine rings is 1. The molecule has 1 saturated heterocycles. The fraction of sp³-hybridized carbons (Fsp3) is 0.400. The van der Waals surface area contributed by atoms with E-state index in [-0.39, 0.29) is 76.0 Å². The van der Waals surface area contributed by atoms with Crippen LogP contribution in [0.5, 0.6) is 11.5 Å². The van der Waals surface area contributed by atoms with Crippen LogP contribution >= 0.6 is 23.2 Å². The first-order chi connectivity index (χ1) is 25.7. The van der Waals surface area contributed by atoms with Crippen LogP contribution in [0.15, 0.2) is 48.8 Å². The molecule has 0 unspecified atom stereocenters. The van der Waals surface area contributed by atoms with E-state index >= 15 is 0 Å². The predicted molar refractivity (Wildman–Crippen MR) is 189 cm³/mol. The number of anilines is 1. The summed E-state index contributed by atoms with van der Waals surface area (Å²) in [5, 5.41) is 0.301. The van der Waals surface area contributed by atoms with Crippen molar-refractivity contribution in [1.29, 1.82) is 0 Å². The Balaban J connectivity index is 1.23. The number of hydrogen-bond acceptors (Lipinski definition) is 11. The Bertz CT molecular complexity index is 2040. The summed E-state index contributed by atoms with van der Waals surface area (Å²) in [6.45, 7) is -3.09. The molecule has 19 heteroatoms. The highest BCUT2D eigenvalue weighted by Gasteiger charge is 2.39. The Morgan fingerprint density at radius 2 is 1.69 bits per heavy atom. The minimum absolute atomic E-state index is 0.0152. The fourth-order valence-corrected chi connectivity index (χ4v) is 7.27. The van der Waals surface area contributed by atoms with E-state index in [0.29, 0.717) is 23.7 Å². The molecule has 54 heavy (non-hydrogen) atoms. The number of alkyl halides is 2. The summed E-state index contributed by atoms with van der Waals surface area (Å²) in [6, 6.07) is 7.75. The van der Waals surface area contributed by atoms with Crippen molar-refractivity contribution in [2.24, 2.45) is 5.92 Å². The highest BCUT2D eigenvalue weighted by molar-refractivity contribution is 7.92. The molecule has 0 radical (unpaired) electrons. The zero-order chi connectivity index (χ0) is 38.7. The van der Waals surface area contributed by atoms with Crippen LogP contribution in [0, 0.1) is 5.92 Å². The smallest absolute Gasteiger partial charge is 0.387 e. The molecule has 2 fully saturated rings. The maximum absolute atomic E-state index is 13.6. The van der Waals surface area contributed by atoms with Crippen LogP contribution in [0.2, 0.25) is 10.0 Å². The average Bonchev–Trinajstić information content (AvgIpc) is 3.93. The van der Waals surface area contributed by atoms with Crippen molar-refractivity contribution < 1.29 is 55.3 Å². The lowest BCUT2D eigenvalue weighted by atomic mass is 10.0. The number of carbonyl (C=O) groups is 4. The largest absolute Gasteiger partial charge is 0.489 e. The second-order valence-corrected chi connectivity index (χ2v) is 15.5. The van der Waals surface area contributed by atoms with E-state index in [2.05, 4.69) is 9.72 Å². The van der Waals surface area contributed by atoms with Gasteiger partial charge in [-0.1, -0.05) is 29.3 Å². The Morgan fingerprint density at radius 3 is 2.33 bits per heavy atom. The summed E-state index contributed by atoms with van der Waals surface area (Å²) in [5.74, 6) is -3.23. The molecule has 3 heterocycles. The lowest BCUT2D eigenvalue weighted by molar-refractivity contribution is -0.149. The lowest BCUT2D eigenvalue weighted by Crippen LogP contribution is -2.47. The first-order valence-corrected chi connectivity index (χ1v) is 19.3. The maximum Gasteiger partial charge on any atom is 0.387 e. The molecule has 14 nitrogen and oxygen atoms in total. The molecular formula is C35H34Cl2F2N4O10S. The van der Waals surface area contributed by atoms with Crippen molar-refractivity contribution >= 4 is 62.6 Å². The molecule has 3 aromatic rings. The summed E-state index contributed by atoms with van der Waals surface area (Å²) in [6.07, 6.45) is 4.12. The van der Waals surface area contributed by atoms with Crippen LogP contribution < -0.4 is 13.8 Å². The number of esters is 1. The third kappa shape index (κ3) is 9.19. The fourth-order valence-electron chi connectivity index (χ4n) is 5.91. The van der Waals surface area contributed by atoms with Gasteiger partial charge in [-0.15, -0.1) is 0 Å². The van der Waals surface area contributed by atoms with E-state index in [1.807, 2.05) is 0 Å². The van der Waals surface area contributed by atoms with Crippen molar-refractivity contribution in [2.75, 3.05) is 56.6 Å². The van der Waals surface area contributed by atoms with Crippen LogP contribution in [0.4, 0.5) is 14.5 Å². The molecular weight excluding hydrogens is 777 g/mol. The van der Waals surface area contributed by atoms with Crippen LogP contribution in [-0.4, -0.2) is 106 Å². The van der Waals surface area contributed by atoms with E-state index in [9.17, 15) is 36.4 Å². The summed E-state index contributed by atoms with van der Waals surface area (Å²) >= 11 is 12.8. The number of aromatic nitrogens is 1. The van der Waals surface area contributed by atoms with Gasteiger partial charge >= 0.3 is 12.6 Å². The van der Waals surface area contributed by atoms with Crippen molar-refractivity contribution in [3.63, 3.8) is 0 Å². The number of carbonyl (C=O) groups excluding carboxylic acids is 4. The van der Waals surface area contributed by atoms with E-state index in [4.69, 9.17) is 37.4 Å². The third-order valence-corrected chi connectivity index (χ3v) is 10.7. The number of imide groups is 1. The number of halogens is 4. The van der Waals surface area contributed by atoms with Gasteiger partial charge in [0.25, 0.3) is 11.8 Å². The number of hydrogen-bond donors (Lipinski definition) is 0. The molecule has 3 aliphatic rings. The standard InChI is InChI=1S/C35H34Cl2F2N4O10S/c1-54(48,49)43(17-31(44)41-8-10-50-11-9-41)22-5-6-23-24(13-22)34(47)42(33(23)46)18-32(45)52-29(14-25-26(36)15-40-16-27(25)37)21-4-7-28(53-35(38)39)30(12-21)51-19-20-2-3-20/h4-7,12-13,15-16,20,29,35H,2-3,8-11,14,17-19H2,1H3/t29-/m0/s1. The van der Waals surface area contributed by atoms with Crippen molar-refractivity contribution in [2.45, 2.75) is 32.0 Å². The molecule has 1 aromatic heterocycles. The number of amides is 3. The molecule has 2 aliphatic heterocycles. The molecule has 2 aromatic carbocycles. The molecule has 6 rings (SSSR count). The Hall–Kier alpha value is -4.58. The van der Waals surface area contributed by atoms with E-state index < -0.39 is 59.5 Å². The van der Waals surface area contributed by atoms with Crippen molar-refractivity contribution in [1.82, 2.24) is 14.8 Å². The Kier molecular flexibility index (Phi) is 11.9. The van der Waals surface area contributed by atoms with Crippen LogP contribution in [-0.2, 0) is 35.5 Å². The molecule has 1 atom stereocenters. The molecule has 3 amide bonds. The number of pyridine rings is 1. The van der Waals surface area contributed by atoms with E-state index in [0.717, 1.165) is 23.4 Å². The highest BCUT2D eigenvalue weighted by atomic mass is 35.5. The zero-order valence-electron chi connectivity index (χ0n) is 28.7. The van der Waals surface area contributed by atoms with E-state index in [1.54, 1.807) is 0 Å². The SMILES string of the molecule is CS(=O)(=O)N(CC(=O)N1CCOCC1)c1ccc2c(c1)C(=O)N(CC(=O)O[C@@H](Cc1c(Cl)cncc1Cl)c1ccc(OC(F)F)c(OCC3CC3)c1)C2=O. The molecule has 288 valence electrons. The van der Waals surface area contributed by atoms with Crippen molar-refractivity contribution in [3.8, 4) is 11.5 Å². The molecule has 1 saturated carbocycles. The first kappa shape index (κ1) is 39.1.